The van der Waals surface area contributed by atoms with Gasteiger partial charge in [-0.15, -0.1) is 0 Å². The Morgan fingerprint density at radius 3 is 2.62 bits per heavy atom. The summed E-state index contributed by atoms with van der Waals surface area (Å²) in [6.45, 7) is 1.94. The predicted octanol–water partition coefficient (Wildman–Crippen LogP) is 2.92. The lowest BCUT2D eigenvalue weighted by atomic mass is 10.3. The van der Waals surface area contributed by atoms with Gasteiger partial charge in [-0.2, -0.15) is 0 Å². The van der Waals surface area contributed by atoms with E-state index in [1.807, 2.05) is 13.0 Å². The molecule has 0 radical (unpaired) electrons. The van der Waals surface area contributed by atoms with Gasteiger partial charge >= 0.3 is 0 Å². The SMILES string of the molecule is COC(OC)C(C)Nc1cc(Br)cnc1Cl. The third-order valence-corrected chi connectivity index (χ3v) is 2.80. The van der Waals surface area contributed by atoms with Crippen molar-refractivity contribution in [3.8, 4) is 0 Å². The fraction of sp³-hybridized carbons (Fsp3) is 0.500. The van der Waals surface area contributed by atoms with Crippen LogP contribution >= 0.6 is 27.5 Å². The molecule has 0 aliphatic carbocycles. The molecule has 90 valence electrons. The minimum Gasteiger partial charge on any atom is -0.375 e. The summed E-state index contributed by atoms with van der Waals surface area (Å²) in [6, 6.07) is 1.82. The second-order valence-electron chi connectivity index (χ2n) is 3.26. The maximum atomic E-state index is 5.96. The number of methoxy groups -OCH3 is 2. The van der Waals surface area contributed by atoms with E-state index >= 15 is 0 Å². The molecule has 0 saturated carbocycles. The van der Waals surface area contributed by atoms with E-state index in [0.717, 1.165) is 10.2 Å². The maximum Gasteiger partial charge on any atom is 0.176 e. The van der Waals surface area contributed by atoms with Crippen molar-refractivity contribution in [2.24, 2.45) is 0 Å². The molecule has 0 bridgehead atoms. The van der Waals surface area contributed by atoms with Crippen LogP contribution in [0, 0.1) is 0 Å². The van der Waals surface area contributed by atoms with Crippen molar-refractivity contribution in [3.05, 3.63) is 21.9 Å². The van der Waals surface area contributed by atoms with Crippen molar-refractivity contribution in [2.75, 3.05) is 19.5 Å². The van der Waals surface area contributed by atoms with Crippen LogP contribution < -0.4 is 5.32 Å². The molecular weight excluding hydrogens is 295 g/mol. The Hall–Kier alpha value is -0.360. The largest absolute Gasteiger partial charge is 0.375 e. The Morgan fingerprint density at radius 2 is 2.06 bits per heavy atom. The highest BCUT2D eigenvalue weighted by atomic mass is 79.9. The standard InChI is InChI=1S/C10H14BrClN2O2/c1-6(10(15-2)16-3)14-8-4-7(11)5-13-9(8)12/h4-6,10,14H,1-3H3. The van der Waals surface area contributed by atoms with E-state index in [1.54, 1.807) is 20.4 Å². The normalized spacial score (nSPS) is 12.9. The zero-order chi connectivity index (χ0) is 12.1. The molecule has 0 fully saturated rings. The van der Waals surface area contributed by atoms with E-state index < -0.39 is 0 Å². The number of nitrogens with zero attached hydrogens (tertiary/aromatic N) is 1. The molecule has 0 aliphatic rings. The van der Waals surface area contributed by atoms with Gasteiger partial charge in [0.1, 0.15) is 0 Å². The molecule has 0 aliphatic heterocycles. The van der Waals surface area contributed by atoms with Gasteiger partial charge in [0.05, 0.1) is 11.7 Å². The van der Waals surface area contributed by atoms with E-state index in [9.17, 15) is 0 Å². The van der Waals surface area contributed by atoms with Crippen molar-refractivity contribution in [1.82, 2.24) is 4.98 Å². The van der Waals surface area contributed by atoms with Crippen LogP contribution in [0.4, 0.5) is 5.69 Å². The molecule has 4 nitrogen and oxygen atoms in total. The summed E-state index contributed by atoms with van der Waals surface area (Å²) >= 11 is 9.29. The van der Waals surface area contributed by atoms with E-state index in [-0.39, 0.29) is 12.3 Å². The predicted molar refractivity (Wildman–Crippen MR) is 67.8 cm³/mol. The van der Waals surface area contributed by atoms with E-state index in [0.29, 0.717) is 5.15 Å². The van der Waals surface area contributed by atoms with Gasteiger partial charge in [0.15, 0.2) is 11.4 Å². The molecule has 1 unspecified atom stereocenters. The second-order valence-corrected chi connectivity index (χ2v) is 4.54. The quantitative estimate of drug-likeness (QED) is 0.671. The van der Waals surface area contributed by atoms with Crippen molar-refractivity contribution in [2.45, 2.75) is 19.3 Å². The highest BCUT2D eigenvalue weighted by molar-refractivity contribution is 9.10. The Morgan fingerprint density at radius 1 is 1.44 bits per heavy atom. The van der Waals surface area contributed by atoms with Gasteiger partial charge in [-0.05, 0) is 28.9 Å². The molecule has 16 heavy (non-hydrogen) atoms. The minimum atomic E-state index is -0.338. The molecule has 1 atom stereocenters. The Labute approximate surface area is 108 Å². The van der Waals surface area contributed by atoms with Crippen LogP contribution in [0.3, 0.4) is 0 Å². The summed E-state index contributed by atoms with van der Waals surface area (Å²) in [6.07, 6.45) is 1.30. The first-order chi connectivity index (χ1) is 7.58. The summed E-state index contributed by atoms with van der Waals surface area (Å²) in [5.41, 5.74) is 0.739. The number of hydrogen-bond donors (Lipinski definition) is 1. The molecular formula is C10H14BrClN2O2. The fourth-order valence-corrected chi connectivity index (χ4v) is 1.83. The van der Waals surface area contributed by atoms with Crippen LogP contribution in [0.5, 0.6) is 0 Å². The van der Waals surface area contributed by atoms with E-state index in [1.165, 1.54) is 0 Å². The van der Waals surface area contributed by atoms with Crippen molar-refractivity contribution in [1.29, 1.82) is 0 Å². The van der Waals surface area contributed by atoms with Gasteiger partial charge in [0.25, 0.3) is 0 Å². The van der Waals surface area contributed by atoms with Crippen LogP contribution in [0.25, 0.3) is 0 Å². The first-order valence-electron chi connectivity index (χ1n) is 4.71. The lowest BCUT2D eigenvalue weighted by Gasteiger charge is -2.23. The smallest absolute Gasteiger partial charge is 0.176 e. The number of nitrogens with one attached hydrogen (secondary N) is 1. The zero-order valence-corrected chi connectivity index (χ0v) is 11.7. The van der Waals surface area contributed by atoms with Crippen molar-refractivity contribution in [3.63, 3.8) is 0 Å². The molecule has 1 aromatic rings. The molecule has 1 N–H and O–H groups in total. The van der Waals surface area contributed by atoms with Gasteiger partial charge in [-0.1, -0.05) is 11.6 Å². The summed E-state index contributed by atoms with van der Waals surface area (Å²) < 4.78 is 11.1. The summed E-state index contributed by atoms with van der Waals surface area (Å²) in [7, 11) is 3.18. The Kier molecular flexibility index (Phi) is 5.48. The summed E-state index contributed by atoms with van der Waals surface area (Å²) in [4.78, 5) is 4.02. The summed E-state index contributed by atoms with van der Waals surface area (Å²) in [5, 5.41) is 3.60. The van der Waals surface area contributed by atoms with Crippen LogP contribution in [0.1, 0.15) is 6.92 Å². The fourth-order valence-electron chi connectivity index (χ4n) is 1.34. The van der Waals surface area contributed by atoms with Crippen LogP contribution in [0.15, 0.2) is 16.7 Å². The number of ether oxygens (including phenoxy) is 2. The molecule has 0 saturated heterocycles. The number of aromatic nitrogens is 1. The van der Waals surface area contributed by atoms with Gasteiger partial charge in [-0.25, -0.2) is 4.98 Å². The second kappa shape index (κ2) is 6.39. The molecule has 1 rings (SSSR count). The molecule has 1 aromatic heterocycles. The number of hydrogen-bond acceptors (Lipinski definition) is 4. The molecule has 0 spiro atoms. The van der Waals surface area contributed by atoms with Gasteiger partial charge in [-0.3, -0.25) is 0 Å². The number of anilines is 1. The van der Waals surface area contributed by atoms with Crippen molar-refractivity contribution < 1.29 is 9.47 Å². The van der Waals surface area contributed by atoms with E-state index in [2.05, 4.69) is 26.2 Å². The van der Waals surface area contributed by atoms with E-state index in [4.69, 9.17) is 21.1 Å². The average Bonchev–Trinajstić information content (AvgIpc) is 2.25. The Bertz CT molecular complexity index is 348. The van der Waals surface area contributed by atoms with Crippen molar-refractivity contribution >= 4 is 33.2 Å². The van der Waals surface area contributed by atoms with Crippen LogP contribution in [0.2, 0.25) is 5.15 Å². The number of pyridine rings is 1. The monoisotopic (exact) mass is 308 g/mol. The third-order valence-electron chi connectivity index (χ3n) is 2.06. The Balaban J connectivity index is 2.75. The highest BCUT2D eigenvalue weighted by Crippen LogP contribution is 2.24. The lowest BCUT2D eigenvalue weighted by Crippen LogP contribution is -2.33. The topological polar surface area (TPSA) is 43.4 Å². The molecule has 0 amide bonds. The van der Waals surface area contributed by atoms with Gasteiger partial charge < -0.3 is 14.8 Å². The van der Waals surface area contributed by atoms with Gasteiger partial charge in [0.2, 0.25) is 0 Å². The number of halogens is 2. The first-order valence-corrected chi connectivity index (χ1v) is 5.88. The zero-order valence-electron chi connectivity index (χ0n) is 9.33. The lowest BCUT2D eigenvalue weighted by molar-refractivity contribution is -0.109. The molecule has 0 aromatic carbocycles. The average molecular weight is 310 g/mol. The molecule has 1 heterocycles. The third kappa shape index (κ3) is 3.59. The van der Waals surface area contributed by atoms with Crippen LogP contribution in [-0.4, -0.2) is 31.5 Å². The highest BCUT2D eigenvalue weighted by Gasteiger charge is 2.16. The minimum absolute atomic E-state index is 0.0383. The maximum absolute atomic E-state index is 5.96. The number of rotatable bonds is 5. The van der Waals surface area contributed by atoms with Gasteiger partial charge in [0, 0.05) is 24.9 Å². The summed E-state index contributed by atoms with van der Waals surface area (Å²) in [5.74, 6) is 0. The first kappa shape index (κ1) is 13.7. The molecule has 6 heteroatoms. The van der Waals surface area contributed by atoms with Crippen LogP contribution in [-0.2, 0) is 9.47 Å².